The molecular formula is C22H22FN3O2S. The highest BCUT2D eigenvalue weighted by Crippen LogP contribution is 2.34. The zero-order valence-corrected chi connectivity index (χ0v) is 16.9. The zero-order valence-electron chi connectivity index (χ0n) is 16.1. The molecule has 1 N–H and O–H groups in total. The summed E-state index contributed by atoms with van der Waals surface area (Å²) in [5.41, 5.74) is 3.05. The molecule has 1 atom stereocenters. The van der Waals surface area contributed by atoms with Crippen LogP contribution in [0.5, 0.6) is 0 Å². The van der Waals surface area contributed by atoms with Crippen molar-refractivity contribution in [2.75, 3.05) is 31.2 Å². The molecule has 2 aromatic rings. The number of nitrogens with one attached hydrogen (secondary N) is 1. The van der Waals surface area contributed by atoms with Gasteiger partial charge in [-0.3, -0.25) is 9.69 Å². The third-order valence-corrected chi connectivity index (χ3v) is 5.53. The highest BCUT2D eigenvalue weighted by atomic mass is 32.1. The molecule has 2 heterocycles. The third-order valence-electron chi connectivity index (χ3n) is 5.23. The van der Waals surface area contributed by atoms with Crippen molar-refractivity contribution in [3.8, 4) is 0 Å². The fourth-order valence-electron chi connectivity index (χ4n) is 3.75. The number of rotatable bonds is 3. The highest BCUT2D eigenvalue weighted by Gasteiger charge is 2.36. The van der Waals surface area contributed by atoms with Crippen LogP contribution in [0.1, 0.15) is 18.5 Å². The maximum atomic E-state index is 13.5. The molecule has 1 fully saturated rings. The Morgan fingerprint density at radius 1 is 1.10 bits per heavy atom. The summed E-state index contributed by atoms with van der Waals surface area (Å²) in [5.74, 6) is -0.379. The molecule has 7 heteroatoms. The van der Waals surface area contributed by atoms with E-state index in [1.54, 1.807) is 17.0 Å². The van der Waals surface area contributed by atoms with Crippen molar-refractivity contribution in [2.45, 2.75) is 13.0 Å². The van der Waals surface area contributed by atoms with Gasteiger partial charge in [0.05, 0.1) is 24.8 Å². The Labute approximate surface area is 174 Å². The van der Waals surface area contributed by atoms with Crippen LogP contribution in [0.2, 0.25) is 0 Å². The van der Waals surface area contributed by atoms with Gasteiger partial charge in [0.25, 0.3) is 5.91 Å². The fraction of sp³-hybridized carbons (Fsp3) is 0.273. The van der Waals surface area contributed by atoms with Crippen molar-refractivity contribution < 1.29 is 13.9 Å². The standard InChI is InChI=1S/C22H22FN3O2S/c1-15-19(21(27)25-11-13-28-14-12-25)20(16-7-9-17(23)10-8-16)24-22(29)26(15)18-5-3-2-4-6-18/h2-10,20H,11-14H2,1H3,(H,24,29). The lowest BCUT2D eigenvalue weighted by Gasteiger charge is -2.40. The molecule has 0 radical (unpaired) electrons. The molecule has 0 aliphatic carbocycles. The van der Waals surface area contributed by atoms with E-state index in [1.165, 1.54) is 12.1 Å². The molecule has 0 saturated carbocycles. The number of amides is 1. The number of anilines is 1. The molecule has 0 aromatic heterocycles. The summed E-state index contributed by atoms with van der Waals surface area (Å²) >= 11 is 5.65. The van der Waals surface area contributed by atoms with Crippen LogP contribution in [0.15, 0.2) is 65.9 Å². The van der Waals surface area contributed by atoms with Gasteiger partial charge in [-0.25, -0.2) is 4.39 Å². The third kappa shape index (κ3) is 3.88. The number of carbonyl (C=O) groups is 1. The first-order valence-corrected chi connectivity index (χ1v) is 9.96. The van der Waals surface area contributed by atoms with Gasteiger partial charge in [-0.15, -0.1) is 0 Å². The van der Waals surface area contributed by atoms with Gasteiger partial charge in [-0.2, -0.15) is 0 Å². The summed E-state index contributed by atoms with van der Waals surface area (Å²) < 4.78 is 18.9. The number of halogens is 1. The predicted octanol–water partition coefficient (Wildman–Crippen LogP) is 3.39. The van der Waals surface area contributed by atoms with Crippen LogP contribution in [-0.2, 0) is 9.53 Å². The number of thiocarbonyl (C=S) groups is 1. The van der Waals surface area contributed by atoms with E-state index in [1.807, 2.05) is 42.2 Å². The van der Waals surface area contributed by atoms with E-state index >= 15 is 0 Å². The average Bonchev–Trinajstić information content (AvgIpc) is 2.75. The van der Waals surface area contributed by atoms with Gasteiger partial charge in [-0.1, -0.05) is 30.3 Å². The number of hydrogen-bond acceptors (Lipinski definition) is 3. The van der Waals surface area contributed by atoms with Gasteiger partial charge in [0.2, 0.25) is 0 Å². The van der Waals surface area contributed by atoms with E-state index in [2.05, 4.69) is 5.32 Å². The average molecular weight is 412 g/mol. The lowest BCUT2D eigenvalue weighted by atomic mass is 9.93. The molecule has 4 rings (SSSR count). The number of ether oxygens (including phenoxy) is 1. The lowest BCUT2D eigenvalue weighted by Crippen LogP contribution is -2.51. The number of hydrogen-bond donors (Lipinski definition) is 1. The minimum Gasteiger partial charge on any atom is -0.378 e. The molecule has 1 amide bonds. The Morgan fingerprint density at radius 3 is 2.41 bits per heavy atom. The Balaban J connectivity index is 1.80. The summed E-state index contributed by atoms with van der Waals surface area (Å²) in [5, 5.41) is 3.80. The highest BCUT2D eigenvalue weighted by molar-refractivity contribution is 7.80. The molecule has 0 bridgehead atoms. The van der Waals surface area contributed by atoms with Crippen LogP contribution in [0.3, 0.4) is 0 Å². The van der Waals surface area contributed by atoms with Crippen molar-refractivity contribution in [3.05, 3.63) is 77.2 Å². The number of carbonyl (C=O) groups excluding carboxylic acids is 1. The summed E-state index contributed by atoms with van der Waals surface area (Å²) in [4.78, 5) is 17.2. The maximum absolute atomic E-state index is 13.5. The van der Waals surface area contributed by atoms with Crippen LogP contribution in [-0.4, -0.2) is 42.2 Å². The minimum absolute atomic E-state index is 0.0592. The summed E-state index contributed by atoms with van der Waals surface area (Å²) in [6.45, 7) is 4.04. The minimum atomic E-state index is -0.446. The van der Waals surface area contributed by atoms with Gasteiger partial charge in [0, 0.05) is 24.5 Å². The van der Waals surface area contributed by atoms with Crippen LogP contribution in [0.4, 0.5) is 10.1 Å². The Kier molecular flexibility index (Phi) is 5.60. The normalized spacial score (nSPS) is 19.9. The van der Waals surface area contributed by atoms with Crippen LogP contribution < -0.4 is 10.2 Å². The van der Waals surface area contributed by atoms with Gasteiger partial charge in [-0.05, 0) is 49.0 Å². The number of nitrogens with zero attached hydrogens (tertiary/aromatic N) is 2. The second-order valence-electron chi connectivity index (χ2n) is 7.01. The first-order chi connectivity index (χ1) is 14.1. The molecular weight excluding hydrogens is 389 g/mol. The van der Waals surface area contributed by atoms with Crippen molar-refractivity contribution >= 4 is 28.9 Å². The fourth-order valence-corrected chi connectivity index (χ4v) is 4.11. The van der Waals surface area contributed by atoms with Crippen LogP contribution in [0, 0.1) is 5.82 Å². The number of para-hydroxylation sites is 1. The van der Waals surface area contributed by atoms with Crippen molar-refractivity contribution in [2.24, 2.45) is 0 Å². The van der Waals surface area contributed by atoms with Crippen LogP contribution >= 0.6 is 12.2 Å². The molecule has 2 aliphatic heterocycles. The SMILES string of the molecule is CC1=C(C(=O)N2CCOCC2)C(c2ccc(F)cc2)NC(=S)N1c1ccccc1. The van der Waals surface area contributed by atoms with Crippen LogP contribution in [0.25, 0.3) is 0 Å². The Morgan fingerprint density at radius 2 is 1.76 bits per heavy atom. The molecule has 0 spiro atoms. The van der Waals surface area contributed by atoms with Crippen molar-refractivity contribution in [3.63, 3.8) is 0 Å². The first kappa shape index (κ1) is 19.5. The number of morpholine rings is 1. The molecule has 2 aliphatic rings. The first-order valence-electron chi connectivity index (χ1n) is 9.55. The maximum Gasteiger partial charge on any atom is 0.254 e. The number of allylic oxidation sites excluding steroid dienone is 1. The topological polar surface area (TPSA) is 44.8 Å². The van der Waals surface area contributed by atoms with Gasteiger partial charge >= 0.3 is 0 Å². The molecule has 29 heavy (non-hydrogen) atoms. The predicted molar refractivity (Wildman–Crippen MR) is 114 cm³/mol. The monoisotopic (exact) mass is 411 g/mol. The van der Waals surface area contributed by atoms with E-state index in [-0.39, 0.29) is 11.7 Å². The van der Waals surface area contributed by atoms with E-state index in [0.29, 0.717) is 37.0 Å². The van der Waals surface area contributed by atoms with Gasteiger partial charge in [0.1, 0.15) is 5.82 Å². The molecule has 1 saturated heterocycles. The van der Waals surface area contributed by atoms with E-state index in [9.17, 15) is 9.18 Å². The molecule has 1 unspecified atom stereocenters. The van der Waals surface area contributed by atoms with E-state index < -0.39 is 6.04 Å². The molecule has 2 aromatic carbocycles. The van der Waals surface area contributed by atoms with Crippen molar-refractivity contribution in [1.82, 2.24) is 10.2 Å². The van der Waals surface area contributed by atoms with Crippen molar-refractivity contribution in [1.29, 1.82) is 0 Å². The van der Waals surface area contributed by atoms with Gasteiger partial charge in [0.15, 0.2) is 5.11 Å². The van der Waals surface area contributed by atoms with E-state index in [0.717, 1.165) is 16.9 Å². The Hall–Kier alpha value is -2.77. The summed E-state index contributed by atoms with van der Waals surface area (Å²) in [6, 6.07) is 15.4. The smallest absolute Gasteiger partial charge is 0.254 e. The molecule has 5 nitrogen and oxygen atoms in total. The lowest BCUT2D eigenvalue weighted by molar-refractivity contribution is -0.131. The summed E-state index contributed by atoms with van der Waals surface area (Å²) in [7, 11) is 0. The largest absolute Gasteiger partial charge is 0.378 e. The van der Waals surface area contributed by atoms with Gasteiger partial charge < -0.3 is 15.0 Å². The van der Waals surface area contributed by atoms with E-state index in [4.69, 9.17) is 17.0 Å². The quantitative estimate of drug-likeness (QED) is 0.785. The molecule has 150 valence electrons. The number of benzene rings is 2. The second-order valence-corrected chi connectivity index (χ2v) is 7.40. The summed E-state index contributed by atoms with van der Waals surface area (Å²) in [6.07, 6.45) is 0. The second kappa shape index (κ2) is 8.31. The Bertz CT molecular complexity index is 940. The zero-order chi connectivity index (χ0) is 20.4.